The van der Waals surface area contributed by atoms with Crippen molar-refractivity contribution < 1.29 is 9.31 Å². The molecule has 0 N–H and O–H groups in total. The lowest BCUT2D eigenvalue weighted by Crippen LogP contribution is -2.42. The van der Waals surface area contributed by atoms with Crippen molar-refractivity contribution in [1.29, 1.82) is 0 Å². The quantitative estimate of drug-likeness (QED) is 0.597. The molecule has 2 nitrogen and oxygen atoms in total. The largest absolute Gasteiger partial charge is 0.375 e. The molecule has 0 spiro atoms. The normalized spacial score (nSPS) is 27.5. The third-order valence-electron chi connectivity index (χ3n) is 2.68. The summed E-state index contributed by atoms with van der Waals surface area (Å²) in [7, 11) is 1.81. The lowest BCUT2D eigenvalue weighted by Gasteiger charge is -2.29. The summed E-state index contributed by atoms with van der Waals surface area (Å²) >= 11 is 0. The van der Waals surface area contributed by atoms with Gasteiger partial charge in [-0.2, -0.15) is 0 Å². The molecule has 0 saturated carbocycles. The molecule has 1 rings (SSSR count). The molecule has 0 radical (unpaired) electrons. The van der Waals surface area contributed by atoms with E-state index in [-0.39, 0.29) is 5.41 Å². The van der Waals surface area contributed by atoms with Gasteiger partial charge in [0, 0.05) is 12.5 Å². The Morgan fingerprint density at radius 3 is 2.54 bits per heavy atom. The topological polar surface area (TPSA) is 12.2 Å². The summed E-state index contributed by atoms with van der Waals surface area (Å²) in [5, 5.41) is 0. The molecule has 1 aliphatic heterocycles. The fourth-order valence-corrected chi connectivity index (χ4v) is 1.96. The molecule has 1 aliphatic rings. The van der Waals surface area contributed by atoms with Crippen LogP contribution in [-0.4, -0.2) is 36.6 Å². The summed E-state index contributed by atoms with van der Waals surface area (Å²) in [4.78, 5) is 0. The van der Waals surface area contributed by atoms with Gasteiger partial charge in [0.25, 0.3) is 0 Å². The van der Waals surface area contributed by atoms with Crippen LogP contribution in [0.5, 0.6) is 0 Å². The minimum absolute atomic E-state index is 0.281. The minimum atomic E-state index is 0.281. The molecule has 1 heterocycles. The van der Waals surface area contributed by atoms with Gasteiger partial charge in [0.1, 0.15) is 18.4 Å². The third-order valence-corrected chi connectivity index (χ3v) is 2.68. The van der Waals surface area contributed by atoms with Crippen LogP contribution in [0.2, 0.25) is 0 Å². The third kappa shape index (κ3) is 2.80. The van der Waals surface area contributed by atoms with Gasteiger partial charge in [-0.1, -0.05) is 13.8 Å². The first-order chi connectivity index (χ1) is 5.94. The zero-order valence-electron chi connectivity index (χ0n) is 9.50. The molecule has 76 valence electrons. The van der Waals surface area contributed by atoms with Crippen LogP contribution in [0.4, 0.5) is 0 Å². The summed E-state index contributed by atoms with van der Waals surface area (Å²) in [5.74, 6) is 0. The average Bonchev–Trinajstić information content (AvgIpc) is 2.01. The summed E-state index contributed by atoms with van der Waals surface area (Å²) in [5.41, 5.74) is 0.281. The summed E-state index contributed by atoms with van der Waals surface area (Å²) in [6.07, 6.45) is 3.88. The Hall–Kier alpha value is -0.370. The van der Waals surface area contributed by atoms with Gasteiger partial charge in [-0.25, -0.2) is 4.58 Å². The maximum atomic E-state index is 5.45. The summed E-state index contributed by atoms with van der Waals surface area (Å²) in [6.45, 7) is 10.0. The molecular weight excluding hydrogens is 162 g/mol. The summed E-state index contributed by atoms with van der Waals surface area (Å²) < 4.78 is 7.83. The highest BCUT2D eigenvalue weighted by Gasteiger charge is 2.34. The Labute approximate surface area is 81.6 Å². The van der Waals surface area contributed by atoms with Crippen LogP contribution in [0.15, 0.2) is 0 Å². The SMILES string of the molecule is COC1C[N+](C(C)C)=CC(C)(C)C1. The fraction of sp³-hybridized carbons (Fsp3) is 0.909. The molecule has 0 bridgehead atoms. The van der Waals surface area contributed by atoms with Crippen molar-refractivity contribution in [2.24, 2.45) is 5.41 Å². The molecule has 0 amide bonds. The number of hydrogen-bond donors (Lipinski definition) is 0. The number of ether oxygens (including phenoxy) is 1. The Morgan fingerprint density at radius 1 is 1.46 bits per heavy atom. The first kappa shape index (κ1) is 10.7. The molecule has 2 heteroatoms. The Kier molecular flexibility index (Phi) is 3.12. The predicted molar refractivity (Wildman–Crippen MR) is 55.5 cm³/mol. The first-order valence-corrected chi connectivity index (χ1v) is 5.09. The van der Waals surface area contributed by atoms with Gasteiger partial charge in [-0.05, 0) is 20.3 Å². The van der Waals surface area contributed by atoms with Crippen molar-refractivity contribution in [3.63, 3.8) is 0 Å². The Bertz CT molecular complexity index is 206. The average molecular weight is 184 g/mol. The van der Waals surface area contributed by atoms with Crippen molar-refractivity contribution in [3.05, 3.63) is 0 Å². The van der Waals surface area contributed by atoms with E-state index in [0.717, 1.165) is 13.0 Å². The lowest BCUT2D eigenvalue weighted by atomic mass is 9.85. The van der Waals surface area contributed by atoms with Crippen molar-refractivity contribution in [2.45, 2.75) is 46.3 Å². The second kappa shape index (κ2) is 3.79. The van der Waals surface area contributed by atoms with Crippen LogP contribution in [0.1, 0.15) is 34.1 Å². The van der Waals surface area contributed by atoms with Crippen molar-refractivity contribution in [2.75, 3.05) is 13.7 Å². The van der Waals surface area contributed by atoms with Crippen LogP contribution in [0, 0.1) is 5.41 Å². The van der Waals surface area contributed by atoms with Gasteiger partial charge in [-0.3, -0.25) is 0 Å². The van der Waals surface area contributed by atoms with E-state index in [1.165, 1.54) is 0 Å². The predicted octanol–water partition coefficient (Wildman–Crippen LogP) is 1.92. The van der Waals surface area contributed by atoms with Crippen LogP contribution in [0.25, 0.3) is 0 Å². The zero-order chi connectivity index (χ0) is 10.1. The van der Waals surface area contributed by atoms with Gasteiger partial charge in [-0.15, -0.1) is 0 Å². The number of nitrogens with zero attached hydrogens (tertiary/aromatic N) is 1. The first-order valence-electron chi connectivity index (χ1n) is 5.09. The van der Waals surface area contributed by atoms with E-state index in [9.17, 15) is 0 Å². The second-order valence-electron chi connectivity index (χ2n) is 4.97. The van der Waals surface area contributed by atoms with Crippen molar-refractivity contribution in [1.82, 2.24) is 0 Å². The van der Waals surface area contributed by atoms with Gasteiger partial charge in [0.05, 0.1) is 0 Å². The Balaban J connectivity index is 2.79. The van der Waals surface area contributed by atoms with Gasteiger partial charge < -0.3 is 4.74 Å². The number of hydrogen-bond acceptors (Lipinski definition) is 1. The van der Waals surface area contributed by atoms with Crippen LogP contribution < -0.4 is 0 Å². The standard InChI is InChI=1S/C11H22NO/c1-9(2)12-7-10(13-5)6-11(3,4)8-12/h8-10H,6-7H2,1-5H3/q+1. The molecule has 0 saturated heterocycles. The van der Waals surface area contributed by atoms with E-state index >= 15 is 0 Å². The highest BCUT2D eigenvalue weighted by atomic mass is 16.5. The molecule has 0 aromatic rings. The minimum Gasteiger partial charge on any atom is -0.375 e. The van der Waals surface area contributed by atoms with E-state index < -0.39 is 0 Å². The van der Waals surface area contributed by atoms with E-state index in [1.807, 2.05) is 7.11 Å². The van der Waals surface area contributed by atoms with Gasteiger partial charge in [0.15, 0.2) is 6.54 Å². The van der Waals surface area contributed by atoms with E-state index in [2.05, 4.69) is 38.5 Å². The smallest absolute Gasteiger partial charge is 0.168 e. The molecule has 0 aliphatic carbocycles. The van der Waals surface area contributed by atoms with Crippen LogP contribution in [-0.2, 0) is 4.74 Å². The van der Waals surface area contributed by atoms with E-state index in [4.69, 9.17) is 4.74 Å². The zero-order valence-corrected chi connectivity index (χ0v) is 9.50. The number of rotatable bonds is 2. The molecule has 0 aromatic heterocycles. The van der Waals surface area contributed by atoms with Crippen LogP contribution >= 0.6 is 0 Å². The highest BCUT2D eigenvalue weighted by molar-refractivity contribution is 5.60. The molecular formula is C11H22NO+. The highest BCUT2D eigenvalue weighted by Crippen LogP contribution is 2.25. The molecule has 1 unspecified atom stereocenters. The lowest BCUT2D eigenvalue weighted by molar-refractivity contribution is -0.571. The maximum absolute atomic E-state index is 5.45. The molecule has 1 atom stereocenters. The Morgan fingerprint density at radius 2 is 2.08 bits per heavy atom. The van der Waals surface area contributed by atoms with Gasteiger partial charge >= 0.3 is 0 Å². The molecule has 0 aromatic carbocycles. The molecule has 0 fully saturated rings. The maximum Gasteiger partial charge on any atom is 0.168 e. The second-order valence-corrected chi connectivity index (χ2v) is 4.97. The van der Waals surface area contributed by atoms with E-state index in [1.54, 1.807) is 0 Å². The number of methoxy groups -OCH3 is 1. The van der Waals surface area contributed by atoms with Crippen molar-refractivity contribution >= 4 is 6.21 Å². The fourth-order valence-electron chi connectivity index (χ4n) is 1.96. The van der Waals surface area contributed by atoms with E-state index in [0.29, 0.717) is 12.1 Å². The van der Waals surface area contributed by atoms with Crippen LogP contribution in [0.3, 0.4) is 0 Å². The monoisotopic (exact) mass is 184 g/mol. The molecule has 13 heavy (non-hydrogen) atoms. The van der Waals surface area contributed by atoms with Crippen molar-refractivity contribution in [3.8, 4) is 0 Å². The summed E-state index contributed by atoms with van der Waals surface area (Å²) in [6, 6.07) is 0.581. The van der Waals surface area contributed by atoms with Gasteiger partial charge in [0.2, 0.25) is 0 Å².